The summed E-state index contributed by atoms with van der Waals surface area (Å²) in [5, 5.41) is 8.76. The largest absolute Gasteiger partial charge is 0.476 e. The van der Waals surface area contributed by atoms with E-state index < -0.39 is 5.97 Å². The van der Waals surface area contributed by atoms with E-state index in [-0.39, 0.29) is 5.69 Å². The summed E-state index contributed by atoms with van der Waals surface area (Å²) in [7, 11) is 0. The van der Waals surface area contributed by atoms with Crippen LogP contribution in [-0.2, 0) is 0 Å². The molecular formula is C7H2N2O2S2. The van der Waals surface area contributed by atoms with Crippen molar-refractivity contribution in [2.45, 2.75) is 0 Å². The van der Waals surface area contributed by atoms with Crippen LogP contribution in [-0.4, -0.2) is 20.4 Å². The van der Waals surface area contributed by atoms with Crippen molar-refractivity contribution in [3.8, 4) is 9.75 Å². The highest BCUT2D eigenvalue weighted by Crippen LogP contribution is 2.29. The van der Waals surface area contributed by atoms with Gasteiger partial charge in [0, 0.05) is 6.07 Å². The first-order chi connectivity index (χ1) is 6.29. The van der Waals surface area contributed by atoms with E-state index in [2.05, 4.69) is 21.6 Å². The molecule has 0 aliphatic heterocycles. The van der Waals surface area contributed by atoms with E-state index in [4.69, 9.17) is 5.11 Å². The van der Waals surface area contributed by atoms with Crippen molar-refractivity contribution in [3.05, 3.63) is 23.5 Å². The van der Waals surface area contributed by atoms with Gasteiger partial charge < -0.3 is 5.11 Å². The van der Waals surface area contributed by atoms with Gasteiger partial charge in [0.1, 0.15) is 6.20 Å². The zero-order valence-electron chi connectivity index (χ0n) is 6.14. The van der Waals surface area contributed by atoms with Crippen molar-refractivity contribution < 1.29 is 9.90 Å². The monoisotopic (exact) mass is 210 g/mol. The van der Waals surface area contributed by atoms with Gasteiger partial charge in [-0.05, 0) is 11.5 Å². The zero-order chi connectivity index (χ0) is 9.26. The molecule has 1 N–H and O–H groups in total. The van der Waals surface area contributed by atoms with Crippen molar-refractivity contribution in [1.82, 2.24) is 9.36 Å². The SMILES string of the molecule is O=C(O)c1ncsc1-c1[c][c]ns1. The Morgan fingerprint density at radius 3 is 3.08 bits per heavy atom. The fourth-order valence-electron chi connectivity index (χ4n) is 0.823. The van der Waals surface area contributed by atoms with Crippen LogP contribution < -0.4 is 0 Å². The maximum Gasteiger partial charge on any atom is 0.356 e. The van der Waals surface area contributed by atoms with Crippen molar-refractivity contribution in [1.29, 1.82) is 0 Å². The first-order valence-electron chi connectivity index (χ1n) is 3.21. The number of rotatable bonds is 2. The van der Waals surface area contributed by atoms with Gasteiger partial charge in [0.15, 0.2) is 5.69 Å². The Kier molecular flexibility index (Phi) is 2.07. The van der Waals surface area contributed by atoms with E-state index >= 15 is 0 Å². The number of carboxylic acid groups (broad SMARTS) is 1. The third-order valence-corrected chi connectivity index (χ3v) is 2.97. The van der Waals surface area contributed by atoms with Crippen LogP contribution in [0.2, 0.25) is 0 Å². The predicted octanol–water partition coefficient (Wildman–Crippen LogP) is 1.57. The first kappa shape index (κ1) is 8.33. The Labute approximate surface area is 81.7 Å². The van der Waals surface area contributed by atoms with Gasteiger partial charge in [0.25, 0.3) is 0 Å². The summed E-state index contributed by atoms with van der Waals surface area (Å²) in [6.07, 6.45) is 2.51. The number of thiazole rings is 1. The fourth-order valence-corrected chi connectivity index (χ4v) is 2.21. The summed E-state index contributed by atoms with van der Waals surface area (Å²) < 4.78 is 3.73. The van der Waals surface area contributed by atoms with Crippen molar-refractivity contribution in [3.63, 3.8) is 0 Å². The number of hydrogen-bond donors (Lipinski definition) is 1. The quantitative estimate of drug-likeness (QED) is 0.817. The lowest BCUT2D eigenvalue weighted by atomic mass is 10.3. The minimum absolute atomic E-state index is 0.0545. The van der Waals surface area contributed by atoms with Crippen LogP contribution in [0.15, 0.2) is 5.51 Å². The number of carbonyl (C=O) groups is 1. The molecule has 2 aromatic rings. The van der Waals surface area contributed by atoms with Crippen LogP contribution >= 0.6 is 22.9 Å². The highest BCUT2D eigenvalue weighted by atomic mass is 32.1. The minimum Gasteiger partial charge on any atom is -0.476 e. The smallest absolute Gasteiger partial charge is 0.356 e. The van der Waals surface area contributed by atoms with Gasteiger partial charge in [-0.25, -0.2) is 9.78 Å². The lowest BCUT2D eigenvalue weighted by molar-refractivity contribution is 0.0692. The lowest BCUT2D eigenvalue weighted by Crippen LogP contribution is -1.97. The molecule has 0 bridgehead atoms. The van der Waals surface area contributed by atoms with Crippen molar-refractivity contribution >= 4 is 28.8 Å². The van der Waals surface area contributed by atoms with Gasteiger partial charge in [-0.3, -0.25) is 0 Å². The summed E-state index contributed by atoms with van der Waals surface area (Å²) in [6.45, 7) is 0. The summed E-state index contributed by atoms with van der Waals surface area (Å²) in [4.78, 5) is 15.7. The molecule has 64 valence electrons. The van der Waals surface area contributed by atoms with Gasteiger partial charge in [-0.2, -0.15) is 4.37 Å². The first-order valence-corrected chi connectivity index (χ1v) is 4.86. The standard InChI is InChI=1S/C7H2N2O2S2/c10-7(11)5-6(12-3-8-5)4-1-2-9-13-4/h3H,(H,10,11). The van der Waals surface area contributed by atoms with Gasteiger partial charge >= 0.3 is 5.97 Å². The normalized spacial score (nSPS) is 10.2. The molecule has 6 heteroatoms. The third kappa shape index (κ3) is 1.45. The average Bonchev–Trinajstić information content (AvgIpc) is 2.74. The number of aromatic nitrogens is 2. The number of hydrogen-bond acceptors (Lipinski definition) is 5. The maximum absolute atomic E-state index is 10.7. The molecule has 2 radical (unpaired) electrons. The molecule has 0 amide bonds. The number of aromatic carboxylic acids is 1. The summed E-state index contributed by atoms with van der Waals surface area (Å²) in [5.74, 6) is -1.03. The number of carboxylic acids is 1. The summed E-state index contributed by atoms with van der Waals surface area (Å²) in [6, 6.07) is 2.72. The topological polar surface area (TPSA) is 63.1 Å². The average molecular weight is 210 g/mol. The zero-order valence-corrected chi connectivity index (χ0v) is 7.78. The van der Waals surface area contributed by atoms with Crippen LogP contribution in [0, 0.1) is 12.3 Å². The molecule has 4 nitrogen and oxygen atoms in total. The maximum atomic E-state index is 10.7. The molecule has 0 atom stereocenters. The second-order valence-corrected chi connectivity index (χ2v) is 3.71. The Balaban J connectivity index is 2.52. The molecule has 0 aliphatic rings. The fraction of sp³-hybridized carbons (Fsp3) is 0. The van der Waals surface area contributed by atoms with Gasteiger partial charge in [-0.15, -0.1) is 11.3 Å². The predicted molar refractivity (Wildman–Crippen MR) is 47.9 cm³/mol. The van der Waals surface area contributed by atoms with Crippen LogP contribution in [0.4, 0.5) is 0 Å². The second kappa shape index (κ2) is 3.23. The molecule has 0 aliphatic carbocycles. The summed E-state index contributed by atoms with van der Waals surface area (Å²) >= 11 is 2.42. The molecular weight excluding hydrogens is 208 g/mol. The molecule has 0 saturated heterocycles. The van der Waals surface area contributed by atoms with Gasteiger partial charge in [0.05, 0.1) is 15.3 Å². The molecule has 13 heavy (non-hydrogen) atoms. The van der Waals surface area contributed by atoms with E-state index in [1.54, 1.807) is 0 Å². The van der Waals surface area contributed by atoms with Gasteiger partial charge in [0.2, 0.25) is 0 Å². The highest BCUT2D eigenvalue weighted by molar-refractivity contribution is 7.18. The molecule has 0 spiro atoms. The molecule has 0 aromatic carbocycles. The Hall–Kier alpha value is -1.27. The molecule has 2 rings (SSSR count). The second-order valence-electron chi connectivity index (χ2n) is 2.08. The Morgan fingerprint density at radius 1 is 1.62 bits per heavy atom. The van der Waals surface area contributed by atoms with E-state index in [0.29, 0.717) is 9.75 Å². The van der Waals surface area contributed by atoms with Gasteiger partial charge in [-0.1, -0.05) is 0 Å². The van der Waals surface area contributed by atoms with Crippen molar-refractivity contribution in [2.24, 2.45) is 0 Å². The summed E-state index contributed by atoms with van der Waals surface area (Å²) in [5.41, 5.74) is 1.55. The van der Waals surface area contributed by atoms with E-state index in [0.717, 1.165) is 11.5 Å². The third-order valence-electron chi connectivity index (χ3n) is 1.33. The minimum atomic E-state index is -1.03. The Bertz CT molecular complexity index is 421. The lowest BCUT2D eigenvalue weighted by Gasteiger charge is -1.90. The van der Waals surface area contributed by atoms with Crippen LogP contribution in [0.25, 0.3) is 9.75 Å². The molecule has 0 saturated carbocycles. The molecule has 2 aromatic heterocycles. The molecule has 0 unspecified atom stereocenters. The molecule has 2 heterocycles. The Morgan fingerprint density at radius 2 is 2.46 bits per heavy atom. The van der Waals surface area contributed by atoms with E-state index in [9.17, 15) is 4.79 Å². The van der Waals surface area contributed by atoms with Crippen molar-refractivity contribution in [2.75, 3.05) is 0 Å². The van der Waals surface area contributed by atoms with Crippen LogP contribution in [0.1, 0.15) is 10.5 Å². The van der Waals surface area contributed by atoms with Crippen LogP contribution in [0.3, 0.4) is 0 Å². The molecule has 0 fully saturated rings. The van der Waals surface area contributed by atoms with E-state index in [1.165, 1.54) is 16.8 Å². The number of nitrogens with zero attached hydrogens (tertiary/aromatic N) is 2. The van der Waals surface area contributed by atoms with E-state index in [1.807, 2.05) is 0 Å². The highest BCUT2D eigenvalue weighted by Gasteiger charge is 2.16. The van der Waals surface area contributed by atoms with Crippen LogP contribution in [0.5, 0.6) is 0 Å².